The van der Waals surface area contributed by atoms with Crippen molar-refractivity contribution < 1.29 is 23.9 Å². The topological polar surface area (TPSA) is 81.7 Å². The maximum Gasteiger partial charge on any atom is 0.515 e. The number of carbonyl (C=O) groups excluding carboxylic acids is 3. The summed E-state index contributed by atoms with van der Waals surface area (Å²) in [6, 6.07) is 15.0. The smallest absolute Gasteiger partial charge is 0.408 e. The van der Waals surface area contributed by atoms with Gasteiger partial charge in [0.25, 0.3) is 0 Å². The van der Waals surface area contributed by atoms with Crippen LogP contribution < -0.4 is 10.1 Å². The van der Waals surface area contributed by atoms with Gasteiger partial charge >= 0.3 is 6.16 Å². The molecule has 0 spiro atoms. The summed E-state index contributed by atoms with van der Waals surface area (Å²) >= 11 is 0. The third-order valence-corrected chi connectivity index (χ3v) is 3.49. The molecule has 6 nitrogen and oxygen atoms in total. The highest BCUT2D eigenvalue weighted by molar-refractivity contribution is 6.09. The molecule has 0 saturated carbocycles. The Hall–Kier alpha value is -3.41. The summed E-state index contributed by atoms with van der Waals surface area (Å²) in [7, 11) is 0. The van der Waals surface area contributed by atoms with E-state index < -0.39 is 17.8 Å². The first kappa shape index (κ1) is 19.9. The zero-order valence-electron chi connectivity index (χ0n) is 15.4. The Balaban J connectivity index is 1.97. The van der Waals surface area contributed by atoms with Crippen molar-refractivity contribution in [2.75, 3.05) is 0 Å². The minimum Gasteiger partial charge on any atom is -0.408 e. The van der Waals surface area contributed by atoms with E-state index in [4.69, 9.17) is 9.47 Å². The molecule has 0 heterocycles. The van der Waals surface area contributed by atoms with Gasteiger partial charge in [-0.1, -0.05) is 36.9 Å². The fraction of sp³-hybridized carbons (Fsp3) is 0.190. The van der Waals surface area contributed by atoms with E-state index in [1.807, 2.05) is 6.07 Å². The zero-order valence-corrected chi connectivity index (χ0v) is 15.4. The van der Waals surface area contributed by atoms with Crippen molar-refractivity contribution in [3.8, 4) is 5.75 Å². The molecular formula is C21H21NO5. The molecule has 2 rings (SSSR count). The van der Waals surface area contributed by atoms with Crippen LogP contribution in [0.5, 0.6) is 5.75 Å². The Morgan fingerprint density at radius 1 is 0.926 bits per heavy atom. The summed E-state index contributed by atoms with van der Waals surface area (Å²) in [5.41, 5.74) is 0.0614. The number of ether oxygens (including phenoxy) is 2. The van der Waals surface area contributed by atoms with Crippen molar-refractivity contribution in [2.24, 2.45) is 0 Å². The molecule has 1 N–H and O–H groups in total. The number of rotatable bonds is 6. The molecule has 0 radical (unpaired) electrons. The third kappa shape index (κ3) is 5.81. The van der Waals surface area contributed by atoms with E-state index in [1.54, 1.807) is 43.3 Å². The lowest BCUT2D eigenvalue weighted by Gasteiger charge is -2.25. The van der Waals surface area contributed by atoms with Gasteiger partial charge in [0.05, 0.1) is 0 Å². The van der Waals surface area contributed by atoms with Crippen molar-refractivity contribution in [1.82, 2.24) is 5.32 Å². The fourth-order valence-corrected chi connectivity index (χ4v) is 2.16. The zero-order chi connectivity index (χ0) is 20.0. The van der Waals surface area contributed by atoms with E-state index >= 15 is 0 Å². The second-order valence-electron chi connectivity index (χ2n) is 6.42. The van der Waals surface area contributed by atoms with Crippen molar-refractivity contribution in [2.45, 2.75) is 26.5 Å². The third-order valence-electron chi connectivity index (χ3n) is 3.49. The standard InChI is InChI=1S/C21H21NO5/c1-14(2)19(24)22-21(3,4)27-20(25)26-17-12-10-16(11-13-17)18(23)15-8-6-5-7-9-15/h5-13H,1H2,2-4H3,(H,22,24). The van der Waals surface area contributed by atoms with Crippen LogP contribution in [-0.4, -0.2) is 23.6 Å². The van der Waals surface area contributed by atoms with E-state index in [0.717, 1.165) is 0 Å². The SMILES string of the molecule is C=C(C)C(=O)NC(C)(C)OC(=O)Oc1ccc(C(=O)c2ccccc2)cc1. The molecule has 0 aliphatic rings. The summed E-state index contributed by atoms with van der Waals surface area (Å²) in [5, 5.41) is 2.51. The van der Waals surface area contributed by atoms with Crippen molar-refractivity contribution >= 4 is 17.8 Å². The molecule has 0 aliphatic carbocycles. The first-order chi connectivity index (χ1) is 12.7. The predicted molar refractivity (Wildman–Crippen MR) is 100 cm³/mol. The summed E-state index contributed by atoms with van der Waals surface area (Å²) in [5.74, 6) is -0.350. The van der Waals surface area contributed by atoms with Crippen LogP contribution in [0, 0.1) is 0 Å². The Labute approximate surface area is 157 Å². The second kappa shape index (κ2) is 8.31. The van der Waals surface area contributed by atoms with Gasteiger partial charge in [-0.05, 0) is 45.0 Å². The molecule has 2 aromatic rings. The Morgan fingerprint density at radius 3 is 2.04 bits per heavy atom. The highest BCUT2D eigenvalue weighted by Crippen LogP contribution is 2.17. The number of hydrogen-bond donors (Lipinski definition) is 1. The van der Waals surface area contributed by atoms with Crippen LogP contribution in [0.3, 0.4) is 0 Å². The molecule has 0 fully saturated rings. The van der Waals surface area contributed by atoms with E-state index in [9.17, 15) is 14.4 Å². The summed E-state index contributed by atoms with van der Waals surface area (Å²) in [6.45, 7) is 8.08. The first-order valence-electron chi connectivity index (χ1n) is 8.26. The molecule has 27 heavy (non-hydrogen) atoms. The number of ketones is 1. The van der Waals surface area contributed by atoms with Gasteiger partial charge in [0.15, 0.2) is 11.5 Å². The minimum atomic E-state index is -1.27. The van der Waals surface area contributed by atoms with Crippen molar-refractivity contribution in [3.05, 3.63) is 77.9 Å². The lowest BCUT2D eigenvalue weighted by Crippen LogP contribution is -2.47. The number of amides is 1. The van der Waals surface area contributed by atoms with Crippen molar-refractivity contribution in [3.63, 3.8) is 0 Å². The van der Waals surface area contributed by atoms with Crippen LogP contribution in [0.1, 0.15) is 36.7 Å². The highest BCUT2D eigenvalue weighted by Gasteiger charge is 2.26. The quantitative estimate of drug-likeness (QED) is 0.276. The van der Waals surface area contributed by atoms with Gasteiger partial charge in [0.2, 0.25) is 5.91 Å². The predicted octanol–water partition coefficient (Wildman–Crippen LogP) is 3.86. The number of benzene rings is 2. The Morgan fingerprint density at radius 2 is 1.48 bits per heavy atom. The van der Waals surface area contributed by atoms with Crippen molar-refractivity contribution in [1.29, 1.82) is 0 Å². The van der Waals surface area contributed by atoms with Gasteiger partial charge in [-0.15, -0.1) is 0 Å². The number of carbonyl (C=O) groups is 3. The molecule has 0 aliphatic heterocycles. The maximum atomic E-state index is 12.3. The molecule has 1 amide bonds. The molecule has 0 unspecified atom stereocenters. The largest absolute Gasteiger partial charge is 0.515 e. The van der Waals surface area contributed by atoms with Crippen LogP contribution in [-0.2, 0) is 9.53 Å². The molecule has 6 heteroatoms. The van der Waals surface area contributed by atoms with Crippen LogP contribution in [0.25, 0.3) is 0 Å². The lowest BCUT2D eigenvalue weighted by molar-refractivity contribution is -0.124. The Bertz CT molecular complexity index is 854. The second-order valence-corrected chi connectivity index (χ2v) is 6.42. The van der Waals surface area contributed by atoms with Crippen LogP contribution in [0.2, 0.25) is 0 Å². The van der Waals surface area contributed by atoms with Gasteiger partial charge in [-0.2, -0.15) is 0 Å². The fourth-order valence-electron chi connectivity index (χ4n) is 2.16. The molecular weight excluding hydrogens is 346 g/mol. The van der Waals surface area contributed by atoms with E-state index in [1.165, 1.54) is 26.0 Å². The van der Waals surface area contributed by atoms with E-state index in [0.29, 0.717) is 16.7 Å². The monoisotopic (exact) mass is 367 g/mol. The summed E-state index contributed by atoms with van der Waals surface area (Å²) in [4.78, 5) is 35.9. The molecule has 2 aromatic carbocycles. The number of hydrogen-bond acceptors (Lipinski definition) is 5. The lowest BCUT2D eigenvalue weighted by atomic mass is 10.0. The van der Waals surface area contributed by atoms with Gasteiger partial charge in [-0.3, -0.25) is 9.59 Å². The average molecular weight is 367 g/mol. The minimum absolute atomic E-state index is 0.131. The van der Waals surface area contributed by atoms with Gasteiger partial charge in [0, 0.05) is 16.7 Å². The average Bonchev–Trinajstić information content (AvgIpc) is 2.61. The van der Waals surface area contributed by atoms with Gasteiger partial charge in [-0.25, -0.2) is 4.79 Å². The van der Waals surface area contributed by atoms with Crippen LogP contribution in [0.15, 0.2) is 66.7 Å². The molecule has 0 aromatic heterocycles. The van der Waals surface area contributed by atoms with Gasteiger partial charge in [0.1, 0.15) is 5.75 Å². The molecule has 0 atom stereocenters. The molecule has 0 bridgehead atoms. The molecule has 140 valence electrons. The van der Waals surface area contributed by atoms with Gasteiger partial charge < -0.3 is 14.8 Å². The van der Waals surface area contributed by atoms with Crippen LogP contribution >= 0.6 is 0 Å². The van der Waals surface area contributed by atoms with Crippen LogP contribution in [0.4, 0.5) is 4.79 Å². The summed E-state index contributed by atoms with van der Waals surface area (Å²) < 4.78 is 10.2. The maximum absolute atomic E-state index is 12.3. The summed E-state index contributed by atoms with van der Waals surface area (Å²) in [6.07, 6.45) is -0.982. The van der Waals surface area contributed by atoms with E-state index in [2.05, 4.69) is 11.9 Å². The highest BCUT2D eigenvalue weighted by atomic mass is 16.7. The normalized spacial score (nSPS) is 10.6. The Kier molecular flexibility index (Phi) is 6.13. The van der Waals surface area contributed by atoms with E-state index in [-0.39, 0.29) is 11.5 Å². The first-order valence-corrected chi connectivity index (χ1v) is 8.26. The number of nitrogens with one attached hydrogen (secondary N) is 1. The molecule has 0 saturated heterocycles.